The van der Waals surface area contributed by atoms with Gasteiger partial charge in [-0.15, -0.1) is 12.4 Å². The summed E-state index contributed by atoms with van der Waals surface area (Å²) in [7, 11) is 1.78. The number of amides is 1. The lowest BCUT2D eigenvalue weighted by atomic mass is 10.1. The van der Waals surface area contributed by atoms with Gasteiger partial charge < -0.3 is 10.2 Å². The minimum absolute atomic E-state index is 0. The van der Waals surface area contributed by atoms with Crippen molar-refractivity contribution < 1.29 is 4.79 Å². The Hall–Kier alpha value is -1.85. The summed E-state index contributed by atoms with van der Waals surface area (Å²) in [6.45, 7) is 3.66. The highest BCUT2D eigenvalue weighted by Crippen LogP contribution is 2.20. The molecule has 0 unspecified atom stereocenters. The van der Waals surface area contributed by atoms with Gasteiger partial charge in [0.1, 0.15) is 0 Å². The molecule has 0 saturated carbocycles. The van der Waals surface area contributed by atoms with Crippen LogP contribution in [0, 0.1) is 6.92 Å². The molecule has 6 heteroatoms. The lowest BCUT2D eigenvalue weighted by molar-refractivity contribution is 0.0987. The summed E-state index contributed by atoms with van der Waals surface area (Å²) in [6, 6.07) is 7.90. The molecular formula is C15H19ClN4O. The van der Waals surface area contributed by atoms with Crippen LogP contribution in [0.4, 0.5) is 5.69 Å². The molecule has 21 heavy (non-hydrogen) atoms. The third kappa shape index (κ3) is 2.94. The molecule has 2 N–H and O–H groups in total. The summed E-state index contributed by atoms with van der Waals surface area (Å²) in [5, 5.41) is 10.5. The zero-order valence-electron chi connectivity index (χ0n) is 12.1. The maximum atomic E-state index is 12.6. The minimum Gasteiger partial charge on any atom is -0.312 e. The van der Waals surface area contributed by atoms with E-state index in [0.717, 1.165) is 29.9 Å². The van der Waals surface area contributed by atoms with Gasteiger partial charge in [0.25, 0.3) is 5.91 Å². The molecule has 0 atom stereocenters. The number of rotatable bonds is 2. The van der Waals surface area contributed by atoms with E-state index in [-0.39, 0.29) is 18.3 Å². The quantitative estimate of drug-likeness (QED) is 0.893. The first-order valence-corrected chi connectivity index (χ1v) is 6.78. The number of halogens is 1. The first-order chi connectivity index (χ1) is 9.66. The molecule has 1 amide bonds. The van der Waals surface area contributed by atoms with E-state index >= 15 is 0 Å². The molecule has 0 fully saturated rings. The zero-order chi connectivity index (χ0) is 14.1. The Morgan fingerprint density at radius 2 is 2.00 bits per heavy atom. The largest absolute Gasteiger partial charge is 0.312 e. The topological polar surface area (TPSA) is 61.0 Å². The Labute approximate surface area is 130 Å². The lowest BCUT2D eigenvalue weighted by Gasteiger charge is -2.18. The Morgan fingerprint density at radius 3 is 2.71 bits per heavy atom. The molecule has 5 nitrogen and oxygen atoms in total. The maximum Gasteiger partial charge on any atom is 0.278 e. The predicted molar refractivity (Wildman–Crippen MR) is 85.2 cm³/mol. The number of benzene rings is 1. The molecule has 2 aromatic rings. The van der Waals surface area contributed by atoms with Gasteiger partial charge in [-0.05, 0) is 19.1 Å². The fraction of sp³-hybridized carbons (Fsp3) is 0.333. The second-order valence-corrected chi connectivity index (χ2v) is 5.16. The van der Waals surface area contributed by atoms with Crippen LogP contribution in [-0.2, 0) is 13.0 Å². The number of carbonyl (C=O) groups is 1. The van der Waals surface area contributed by atoms with Gasteiger partial charge in [-0.25, -0.2) is 0 Å². The summed E-state index contributed by atoms with van der Waals surface area (Å²) in [6.07, 6.45) is 0.893. The molecule has 0 bridgehead atoms. The van der Waals surface area contributed by atoms with Crippen LogP contribution in [0.1, 0.15) is 27.3 Å². The highest BCUT2D eigenvalue weighted by Gasteiger charge is 2.24. The van der Waals surface area contributed by atoms with Gasteiger partial charge in [-0.1, -0.05) is 17.7 Å². The third-order valence-electron chi connectivity index (χ3n) is 3.73. The Kier molecular flexibility index (Phi) is 4.65. The highest BCUT2D eigenvalue weighted by atomic mass is 35.5. The number of aromatic amines is 1. The van der Waals surface area contributed by atoms with E-state index in [0.29, 0.717) is 12.2 Å². The van der Waals surface area contributed by atoms with E-state index in [2.05, 4.69) is 15.5 Å². The van der Waals surface area contributed by atoms with Gasteiger partial charge in [-0.3, -0.25) is 9.89 Å². The zero-order valence-corrected chi connectivity index (χ0v) is 13.0. The summed E-state index contributed by atoms with van der Waals surface area (Å²) < 4.78 is 0. The first-order valence-electron chi connectivity index (χ1n) is 6.78. The van der Waals surface area contributed by atoms with Gasteiger partial charge in [0.2, 0.25) is 0 Å². The van der Waals surface area contributed by atoms with Gasteiger partial charge in [0.15, 0.2) is 5.69 Å². The number of hydrogen-bond donors (Lipinski definition) is 2. The van der Waals surface area contributed by atoms with Crippen molar-refractivity contribution >= 4 is 24.0 Å². The Balaban J connectivity index is 0.00000161. The fourth-order valence-electron chi connectivity index (χ4n) is 2.45. The smallest absolute Gasteiger partial charge is 0.278 e. The molecular weight excluding hydrogens is 288 g/mol. The van der Waals surface area contributed by atoms with Crippen LogP contribution < -0.4 is 10.2 Å². The van der Waals surface area contributed by atoms with Crippen LogP contribution in [-0.4, -0.2) is 29.7 Å². The number of aromatic nitrogens is 2. The highest BCUT2D eigenvalue weighted by molar-refractivity contribution is 6.05. The van der Waals surface area contributed by atoms with E-state index in [4.69, 9.17) is 0 Å². The number of nitrogens with one attached hydrogen (secondary N) is 2. The van der Waals surface area contributed by atoms with Crippen LogP contribution in [0.5, 0.6) is 0 Å². The van der Waals surface area contributed by atoms with Crippen LogP contribution in [0.2, 0.25) is 0 Å². The average Bonchev–Trinajstić information content (AvgIpc) is 2.90. The Bertz CT molecular complexity index is 636. The van der Waals surface area contributed by atoms with E-state index < -0.39 is 0 Å². The number of fused-ring (bicyclic) bond motifs is 1. The summed E-state index contributed by atoms with van der Waals surface area (Å²) in [4.78, 5) is 14.2. The van der Waals surface area contributed by atoms with Crippen molar-refractivity contribution in [2.75, 3.05) is 18.5 Å². The summed E-state index contributed by atoms with van der Waals surface area (Å²) >= 11 is 0. The van der Waals surface area contributed by atoms with Crippen LogP contribution in [0.3, 0.4) is 0 Å². The van der Waals surface area contributed by atoms with Crippen molar-refractivity contribution in [1.82, 2.24) is 15.5 Å². The number of carbonyl (C=O) groups excluding carboxylic acids is 1. The second kappa shape index (κ2) is 6.28. The van der Waals surface area contributed by atoms with Crippen molar-refractivity contribution in [2.24, 2.45) is 0 Å². The molecule has 1 aliphatic rings. The third-order valence-corrected chi connectivity index (χ3v) is 3.73. The second-order valence-electron chi connectivity index (χ2n) is 5.16. The average molecular weight is 307 g/mol. The molecule has 1 aromatic carbocycles. The molecule has 2 heterocycles. The number of anilines is 1. The number of hydrogen-bond acceptors (Lipinski definition) is 3. The van der Waals surface area contributed by atoms with Crippen LogP contribution in [0.15, 0.2) is 24.3 Å². The van der Waals surface area contributed by atoms with Crippen molar-refractivity contribution in [3.05, 3.63) is 46.8 Å². The normalized spacial score (nSPS) is 13.2. The SMILES string of the molecule is Cc1ccc(N(C)C(=O)c2n[nH]c3c2CNCC3)cc1.Cl. The van der Waals surface area contributed by atoms with Gasteiger partial charge in [0, 0.05) is 43.5 Å². The van der Waals surface area contributed by atoms with Gasteiger partial charge in [-0.2, -0.15) is 5.10 Å². The van der Waals surface area contributed by atoms with Gasteiger partial charge >= 0.3 is 0 Å². The number of aryl methyl sites for hydroxylation is 1. The van der Waals surface area contributed by atoms with E-state index in [9.17, 15) is 4.79 Å². The first kappa shape index (κ1) is 15.5. The maximum absolute atomic E-state index is 12.6. The fourth-order valence-corrected chi connectivity index (χ4v) is 2.45. The number of H-pyrrole nitrogens is 1. The van der Waals surface area contributed by atoms with Crippen molar-refractivity contribution in [3.8, 4) is 0 Å². The Morgan fingerprint density at radius 1 is 1.29 bits per heavy atom. The lowest BCUT2D eigenvalue weighted by Crippen LogP contribution is -2.30. The van der Waals surface area contributed by atoms with E-state index in [1.165, 1.54) is 5.56 Å². The summed E-state index contributed by atoms with van der Waals surface area (Å²) in [5.74, 6) is -0.0740. The molecule has 0 spiro atoms. The van der Waals surface area contributed by atoms with Crippen molar-refractivity contribution in [1.29, 1.82) is 0 Å². The van der Waals surface area contributed by atoms with Crippen molar-refractivity contribution in [2.45, 2.75) is 19.9 Å². The van der Waals surface area contributed by atoms with Gasteiger partial charge in [0.05, 0.1) is 0 Å². The summed E-state index contributed by atoms with van der Waals surface area (Å²) in [5.41, 5.74) is 4.65. The number of nitrogens with zero attached hydrogens (tertiary/aromatic N) is 2. The monoisotopic (exact) mass is 306 g/mol. The minimum atomic E-state index is -0.0740. The molecule has 0 aliphatic carbocycles. The molecule has 1 aromatic heterocycles. The van der Waals surface area contributed by atoms with E-state index in [1.54, 1.807) is 11.9 Å². The standard InChI is InChI=1S/C15H18N4O.ClH/c1-10-3-5-11(6-4-10)19(2)15(20)14-12-9-16-8-7-13(12)17-18-14;/h3-6,16H,7-9H2,1-2H3,(H,17,18);1H. The van der Waals surface area contributed by atoms with Crippen LogP contribution in [0.25, 0.3) is 0 Å². The molecule has 0 saturated heterocycles. The van der Waals surface area contributed by atoms with E-state index in [1.807, 2.05) is 31.2 Å². The molecule has 0 radical (unpaired) electrons. The molecule has 112 valence electrons. The predicted octanol–water partition coefficient (Wildman–Crippen LogP) is 2.06. The van der Waals surface area contributed by atoms with Crippen molar-refractivity contribution in [3.63, 3.8) is 0 Å². The molecule has 1 aliphatic heterocycles. The van der Waals surface area contributed by atoms with Crippen LogP contribution >= 0.6 is 12.4 Å². The molecule has 3 rings (SSSR count).